The molecule has 0 unspecified atom stereocenters. The van der Waals surface area contributed by atoms with Crippen molar-refractivity contribution in [3.63, 3.8) is 0 Å². The molecule has 0 atom stereocenters. The van der Waals surface area contributed by atoms with Crippen LogP contribution in [-0.4, -0.2) is 39.8 Å². The van der Waals surface area contributed by atoms with E-state index in [-0.39, 0.29) is 34.9 Å². The van der Waals surface area contributed by atoms with Crippen LogP contribution in [0.1, 0.15) is 46.0 Å². The zero-order valence-corrected chi connectivity index (χ0v) is 19.2. The molecule has 0 aliphatic heterocycles. The monoisotopic (exact) mass is 470 g/mol. The van der Waals surface area contributed by atoms with Crippen molar-refractivity contribution in [2.24, 2.45) is 10.3 Å². The molecule has 0 rings (SSSR count). The van der Waals surface area contributed by atoms with Crippen molar-refractivity contribution in [2.75, 3.05) is 11.5 Å². The highest BCUT2D eigenvalue weighted by molar-refractivity contribution is 7.86. The molecule has 0 aromatic heterocycles. The van der Waals surface area contributed by atoms with Crippen LogP contribution in [0.15, 0.2) is 46.8 Å². The molecule has 31 heavy (non-hydrogen) atoms. The Bertz CT molecular complexity index is 1010. The molecular weight excluding hydrogens is 444 g/mol. The van der Waals surface area contributed by atoms with Crippen molar-refractivity contribution >= 4 is 31.7 Å². The normalized spacial score (nSPS) is 13.5. The molecule has 0 aliphatic carbocycles. The number of hydrogen-bond acceptors (Lipinski definition) is 10. The van der Waals surface area contributed by atoms with Crippen molar-refractivity contribution in [3.05, 3.63) is 36.5 Å². The van der Waals surface area contributed by atoms with Gasteiger partial charge >= 0.3 is 20.2 Å². The molecule has 0 saturated heterocycles. The van der Waals surface area contributed by atoms with Crippen LogP contribution in [-0.2, 0) is 28.8 Å². The molecule has 170 valence electrons. The van der Waals surface area contributed by atoms with Crippen molar-refractivity contribution in [3.8, 4) is 12.1 Å². The second-order valence-electron chi connectivity index (χ2n) is 6.04. The molecule has 0 N–H and O–H groups in total. The van der Waals surface area contributed by atoms with Gasteiger partial charge in [0.05, 0.1) is 11.5 Å². The molecule has 12 heteroatoms. The summed E-state index contributed by atoms with van der Waals surface area (Å²) in [5, 5.41) is 25.2. The van der Waals surface area contributed by atoms with Crippen LogP contribution < -0.4 is 0 Å². The zero-order chi connectivity index (χ0) is 23.8. The summed E-state index contributed by atoms with van der Waals surface area (Å²) in [7, 11) is -7.85. The largest absolute Gasteiger partial charge is 0.328 e. The molecule has 0 radical (unpaired) electrons. The fraction of sp³-hybridized carbons (Fsp3) is 0.474. The van der Waals surface area contributed by atoms with E-state index in [1.807, 2.05) is 13.8 Å². The lowest BCUT2D eigenvalue weighted by molar-refractivity contribution is 0.337. The Balaban J connectivity index is 5.65. The predicted octanol–water partition coefficient (Wildman–Crippen LogP) is 3.10. The summed E-state index contributed by atoms with van der Waals surface area (Å²) >= 11 is 0. The van der Waals surface area contributed by atoms with Crippen LogP contribution in [0.5, 0.6) is 0 Å². The van der Waals surface area contributed by atoms with Gasteiger partial charge in [-0.25, -0.2) is 0 Å². The molecule has 0 amide bonds. The number of hydrogen-bond donors (Lipinski definition) is 0. The van der Waals surface area contributed by atoms with Crippen molar-refractivity contribution in [1.82, 2.24) is 0 Å². The highest BCUT2D eigenvalue weighted by Crippen LogP contribution is 2.08. The van der Waals surface area contributed by atoms with E-state index in [9.17, 15) is 22.1 Å². The Morgan fingerprint density at radius 3 is 1.97 bits per heavy atom. The third kappa shape index (κ3) is 13.1. The molecule has 0 spiro atoms. The van der Waals surface area contributed by atoms with Crippen LogP contribution in [0, 0.1) is 22.7 Å². The molecule has 0 aromatic rings. The number of oxime groups is 2. The van der Waals surface area contributed by atoms with Crippen LogP contribution in [0.4, 0.5) is 0 Å². The second-order valence-corrected chi connectivity index (χ2v) is 9.39. The molecule has 10 nitrogen and oxygen atoms in total. The first kappa shape index (κ1) is 28.0. The summed E-state index contributed by atoms with van der Waals surface area (Å²) < 4.78 is 56.0. The summed E-state index contributed by atoms with van der Waals surface area (Å²) in [6, 6.07) is 3.42. The van der Waals surface area contributed by atoms with Gasteiger partial charge in [-0.2, -0.15) is 27.4 Å². The average Bonchev–Trinajstić information content (AvgIpc) is 2.74. The summed E-state index contributed by atoms with van der Waals surface area (Å²) in [6.07, 6.45) is 7.42. The standard InChI is InChI=1S/C19H26N4O6S2/c1-4-7-10-17(19(16-21)23-29-31(26,27)14-9-6-3)11-12-18(15-20)22-28-30(24,25)13-8-5-2/h4,7,10-11H,1,5-6,8-9,12-14H2,2-3H3/b10-7-,17-11-,22-18-,23-19+. The van der Waals surface area contributed by atoms with Gasteiger partial charge in [0.15, 0.2) is 11.4 Å². The van der Waals surface area contributed by atoms with Crippen LogP contribution in [0.3, 0.4) is 0 Å². The summed E-state index contributed by atoms with van der Waals surface area (Å²) in [4.78, 5) is 0. The zero-order valence-electron chi connectivity index (χ0n) is 17.5. The molecular formula is C19H26N4O6S2. The Labute approximate surface area is 184 Å². The van der Waals surface area contributed by atoms with E-state index in [4.69, 9.17) is 5.26 Å². The summed E-state index contributed by atoms with van der Waals surface area (Å²) in [5.74, 6) is -0.480. The summed E-state index contributed by atoms with van der Waals surface area (Å²) in [5.41, 5.74) is -0.532. The van der Waals surface area contributed by atoms with Gasteiger partial charge in [-0.05, 0) is 12.8 Å². The van der Waals surface area contributed by atoms with E-state index < -0.39 is 20.2 Å². The Kier molecular flexibility index (Phi) is 13.5. The highest BCUT2D eigenvalue weighted by Gasteiger charge is 2.14. The number of nitriles is 2. The Morgan fingerprint density at radius 2 is 1.52 bits per heavy atom. The third-order valence-electron chi connectivity index (χ3n) is 3.43. The predicted molar refractivity (Wildman–Crippen MR) is 118 cm³/mol. The maximum Gasteiger partial charge on any atom is 0.328 e. The van der Waals surface area contributed by atoms with Crippen molar-refractivity contribution in [1.29, 1.82) is 10.5 Å². The number of unbranched alkanes of at least 4 members (excludes halogenated alkanes) is 2. The van der Waals surface area contributed by atoms with Gasteiger partial charge in [0.2, 0.25) is 0 Å². The topological polar surface area (TPSA) is 159 Å². The van der Waals surface area contributed by atoms with Crippen molar-refractivity contribution in [2.45, 2.75) is 46.0 Å². The van der Waals surface area contributed by atoms with Gasteiger partial charge in [-0.1, -0.05) is 67.9 Å². The van der Waals surface area contributed by atoms with Gasteiger partial charge in [0.1, 0.15) is 12.1 Å². The average molecular weight is 471 g/mol. The Hall–Kier alpha value is -2.96. The van der Waals surface area contributed by atoms with Crippen molar-refractivity contribution < 1.29 is 25.4 Å². The Morgan fingerprint density at radius 1 is 0.968 bits per heavy atom. The first-order valence-corrected chi connectivity index (χ1v) is 12.6. The molecule has 0 heterocycles. The highest BCUT2D eigenvalue weighted by atomic mass is 32.2. The molecule has 0 bridgehead atoms. The smallest absolute Gasteiger partial charge is 0.267 e. The second kappa shape index (κ2) is 14.9. The molecule has 0 aromatic carbocycles. The van der Waals surface area contributed by atoms with E-state index in [1.54, 1.807) is 12.1 Å². The van der Waals surface area contributed by atoms with E-state index in [0.717, 1.165) is 0 Å². The van der Waals surface area contributed by atoms with Crippen LogP contribution >= 0.6 is 0 Å². The van der Waals surface area contributed by atoms with Gasteiger partial charge in [-0.15, -0.1) is 0 Å². The maximum atomic E-state index is 11.8. The first-order chi connectivity index (χ1) is 14.6. The van der Waals surface area contributed by atoms with E-state index >= 15 is 0 Å². The fourth-order valence-electron chi connectivity index (χ4n) is 1.78. The van der Waals surface area contributed by atoms with Gasteiger partial charge in [-0.3, -0.25) is 8.57 Å². The quantitative estimate of drug-likeness (QED) is 0.200. The fourth-order valence-corrected chi connectivity index (χ4v) is 3.60. The minimum Gasteiger partial charge on any atom is -0.267 e. The molecule has 0 saturated carbocycles. The third-order valence-corrected chi connectivity index (χ3v) is 5.62. The molecule has 0 fully saturated rings. The van der Waals surface area contributed by atoms with Gasteiger partial charge in [0.25, 0.3) is 0 Å². The first-order valence-electron chi connectivity index (χ1n) is 9.42. The van der Waals surface area contributed by atoms with E-state index in [0.29, 0.717) is 25.7 Å². The number of rotatable bonds is 15. The lowest BCUT2D eigenvalue weighted by atomic mass is 10.1. The lowest BCUT2D eigenvalue weighted by Gasteiger charge is -2.03. The van der Waals surface area contributed by atoms with Crippen LogP contribution in [0.25, 0.3) is 0 Å². The number of allylic oxidation sites excluding steroid dienone is 5. The SMILES string of the molecule is C=C\C=C/C(=C/C/C(C#N)=N/OS(=O)(=O)CCCC)C(/C#N)=N/OS(=O)(=O)CCCC. The van der Waals surface area contributed by atoms with Crippen LogP contribution in [0.2, 0.25) is 0 Å². The van der Waals surface area contributed by atoms with E-state index in [1.165, 1.54) is 24.3 Å². The van der Waals surface area contributed by atoms with E-state index in [2.05, 4.69) is 25.5 Å². The van der Waals surface area contributed by atoms with Gasteiger partial charge < -0.3 is 0 Å². The van der Waals surface area contributed by atoms with Gasteiger partial charge in [0, 0.05) is 12.0 Å². The minimum atomic E-state index is -3.94. The summed E-state index contributed by atoms with van der Waals surface area (Å²) in [6.45, 7) is 7.13. The number of nitrogens with zero attached hydrogens (tertiary/aromatic N) is 4. The molecule has 0 aliphatic rings. The lowest BCUT2D eigenvalue weighted by Crippen LogP contribution is -2.10. The maximum absolute atomic E-state index is 11.8. The minimum absolute atomic E-state index is 0.116.